The molecule has 3 rings (SSSR count). The second-order valence-electron chi connectivity index (χ2n) is 5.73. The monoisotopic (exact) mass is 339 g/mol. The molecule has 2 atom stereocenters. The van der Waals surface area contributed by atoms with Crippen LogP contribution in [0.5, 0.6) is 11.5 Å². The predicted octanol–water partition coefficient (Wildman–Crippen LogP) is 3.89. The van der Waals surface area contributed by atoms with E-state index in [1.165, 1.54) is 24.8 Å². The van der Waals surface area contributed by atoms with Crippen LogP contribution in [-0.2, 0) is 6.54 Å². The highest BCUT2D eigenvalue weighted by molar-refractivity contribution is 9.10. The van der Waals surface area contributed by atoms with Crippen LogP contribution in [0.1, 0.15) is 38.2 Å². The largest absolute Gasteiger partial charge is 0.490 e. The Labute approximate surface area is 129 Å². The van der Waals surface area contributed by atoms with Crippen molar-refractivity contribution in [2.75, 3.05) is 13.2 Å². The van der Waals surface area contributed by atoms with Crippen molar-refractivity contribution in [1.82, 2.24) is 5.32 Å². The summed E-state index contributed by atoms with van der Waals surface area (Å²) in [5, 5.41) is 3.64. The van der Waals surface area contributed by atoms with Crippen LogP contribution in [0.25, 0.3) is 0 Å². The quantitative estimate of drug-likeness (QED) is 0.882. The third kappa shape index (κ3) is 3.29. The lowest BCUT2D eigenvalue weighted by Crippen LogP contribution is -2.17. The summed E-state index contributed by atoms with van der Waals surface area (Å²) in [6, 6.07) is 4.96. The molecule has 1 aliphatic heterocycles. The summed E-state index contributed by atoms with van der Waals surface area (Å²) in [5.41, 5.74) is 1.25. The normalized spacial score (nSPS) is 24.3. The molecule has 110 valence electrons. The van der Waals surface area contributed by atoms with Crippen LogP contribution in [-0.4, -0.2) is 19.3 Å². The fraction of sp³-hybridized carbons (Fsp3) is 0.625. The molecular formula is C16H22BrNO2. The van der Waals surface area contributed by atoms with Crippen molar-refractivity contribution >= 4 is 15.9 Å². The van der Waals surface area contributed by atoms with Gasteiger partial charge in [0, 0.05) is 19.0 Å². The number of halogens is 1. The van der Waals surface area contributed by atoms with E-state index in [1.807, 2.05) is 0 Å². The van der Waals surface area contributed by atoms with Crippen LogP contribution in [0.3, 0.4) is 0 Å². The smallest absolute Gasteiger partial charge is 0.175 e. The Hall–Kier alpha value is -0.740. The molecule has 1 aromatic carbocycles. The Morgan fingerprint density at radius 2 is 2.15 bits per heavy atom. The second-order valence-corrected chi connectivity index (χ2v) is 6.58. The van der Waals surface area contributed by atoms with E-state index in [1.54, 1.807) is 0 Å². The lowest BCUT2D eigenvalue weighted by Gasteiger charge is -2.12. The fourth-order valence-electron chi connectivity index (χ4n) is 2.82. The van der Waals surface area contributed by atoms with Crippen molar-refractivity contribution in [2.24, 2.45) is 5.92 Å². The standard InChI is InChI=1S/C16H22BrNO2/c1-2-4-12-9-14(12)18-10-11-7-13(17)16-15(8-11)19-5-3-6-20-16/h7-8,12,14,18H,2-6,9-10H2,1H3. The molecule has 1 aliphatic carbocycles. The molecule has 20 heavy (non-hydrogen) atoms. The average Bonchev–Trinajstić information content (AvgIpc) is 3.19. The molecule has 1 N–H and O–H groups in total. The Kier molecular flexibility index (Phi) is 4.51. The molecule has 4 heteroatoms. The van der Waals surface area contributed by atoms with E-state index in [4.69, 9.17) is 9.47 Å². The molecule has 0 spiro atoms. The van der Waals surface area contributed by atoms with Gasteiger partial charge in [-0.25, -0.2) is 0 Å². The van der Waals surface area contributed by atoms with Crippen LogP contribution in [0.2, 0.25) is 0 Å². The molecule has 3 nitrogen and oxygen atoms in total. The number of fused-ring (bicyclic) bond motifs is 1. The maximum absolute atomic E-state index is 5.77. The molecule has 0 bridgehead atoms. The van der Waals surface area contributed by atoms with E-state index >= 15 is 0 Å². The molecular weight excluding hydrogens is 318 g/mol. The highest BCUT2D eigenvalue weighted by Gasteiger charge is 2.35. The molecule has 0 amide bonds. The average molecular weight is 340 g/mol. The van der Waals surface area contributed by atoms with Crippen molar-refractivity contribution in [3.8, 4) is 11.5 Å². The van der Waals surface area contributed by atoms with Crippen LogP contribution in [0.4, 0.5) is 0 Å². The van der Waals surface area contributed by atoms with E-state index in [9.17, 15) is 0 Å². The third-order valence-corrected chi connectivity index (χ3v) is 4.60. The molecule has 1 saturated carbocycles. The van der Waals surface area contributed by atoms with Gasteiger partial charge in [0.25, 0.3) is 0 Å². The van der Waals surface area contributed by atoms with Gasteiger partial charge in [0.15, 0.2) is 11.5 Å². The number of hydrogen-bond acceptors (Lipinski definition) is 3. The van der Waals surface area contributed by atoms with Gasteiger partial charge in [-0.1, -0.05) is 13.3 Å². The summed E-state index contributed by atoms with van der Waals surface area (Å²) in [6.45, 7) is 4.62. The zero-order chi connectivity index (χ0) is 13.9. The van der Waals surface area contributed by atoms with E-state index < -0.39 is 0 Å². The van der Waals surface area contributed by atoms with E-state index in [0.717, 1.165) is 48.1 Å². The first-order valence-electron chi connectivity index (χ1n) is 7.59. The minimum Gasteiger partial charge on any atom is -0.490 e. The maximum atomic E-state index is 5.77. The molecule has 1 heterocycles. The lowest BCUT2D eigenvalue weighted by molar-refractivity contribution is 0.296. The van der Waals surface area contributed by atoms with Gasteiger partial charge in [-0.05, 0) is 52.4 Å². The van der Waals surface area contributed by atoms with Crippen molar-refractivity contribution in [3.63, 3.8) is 0 Å². The van der Waals surface area contributed by atoms with Gasteiger partial charge < -0.3 is 14.8 Å². The van der Waals surface area contributed by atoms with Gasteiger partial charge in [0.05, 0.1) is 17.7 Å². The minimum atomic E-state index is 0.713. The van der Waals surface area contributed by atoms with Crippen molar-refractivity contribution in [2.45, 2.75) is 45.2 Å². The SMILES string of the molecule is CCCC1CC1NCc1cc(Br)c2c(c1)OCCCO2. The third-order valence-electron chi connectivity index (χ3n) is 4.01. The molecule has 0 saturated heterocycles. The Morgan fingerprint density at radius 3 is 3.00 bits per heavy atom. The van der Waals surface area contributed by atoms with Gasteiger partial charge in [-0.2, -0.15) is 0 Å². The van der Waals surface area contributed by atoms with E-state index in [0.29, 0.717) is 6.04 Å². The molecule has 2 unspecified atom stereocenters. The van der Waals surface area contributed by atoms with Crippen molar-refractivity contribution in [1.29, 1.82) is 0 Å². The molecule has 2 aliphatic rings. The second kappa shape index (κ2) is 6.35. The number of benzene rings is 1. The van der Waals surface area contributed by atoms with Gasteiger partial charge in [0.2, 0.25) is 0 Å². The highest BCUT2D eigenvalue weighted by Crippen LogP contribution is 2.39. The Morgan fingerprint density at radius 1 is 1.30 bits per heavy atom. The first-order valence-corrected chi connectivity index (χ1v) is 8.38. The van der Waals surface area contributed by atoms with E-state index in [2.05, 4.69) is 40.3 Å². The first-order chi connectivity index (χ1) is 9.78. The zero-order valence-corrected chi connectivity index (χ0v) is 13.5. The Balaban J connectivity index is 1.63. The summed E-state index contributed by atoms with van der Waals surface area (Å²) < 4.78 is 12.5. The molecule has 0 aromatic heterocycles. The van der Waals surface area contributed by atoms with E-state index in [-0.39, 0.29) is 0 Å². The Bertz CT molecular complexity index is 478. The number of ether oxygens (including phenoxy) is 2. The van der Waals surface area contributed by atoms with Gasteiger partial charge in [-0.3, -0.25) is 0 Å². The summed E-state index contributed by atoms with van der Waals surface area (Å²) in [4.78, 5) is 0. The van der Waals surface area contributed by atoms with Crippen LogP contribution in [0.15, 0.2) is 16.6 Å². The van der Waals surface area contributed by atoms with Crippen molar-refractivity contribution < 1.29 is 9.47 Å². The zero-order valence-electron chi connectivity index (χ0n) is 12.0. The topological polar surface area (TPSA) is 30.5 Å². The fourth-order valence-corrected chi connectivity index (χ4v) is 3.43. The molecule has 0 radical (unpaired) electrons. The first kappa shape index (κ1) is 14.2. The number of nitrogens with one attached hydrogen (secondary N) is 1. The predicted molar refractivity (Wildman–Crippen MR) is 83.4 cm³/mol. The van der Waals surface area contributed by atoms with Gasteiger partial charge >= 0.3 is 0 Å². The summed E-state index contributed by atoms with van der Waals surface area (Å²) in [5.74, 6) is 2.61. The van der Waals surface area contributed by atoms with Gasteiger partial charge in [0.1, 0.15) is 0 Å². The summed E-state index contributed by atoms with van der Waals surface area (Å²) in [6.07, 6.45) is 4.91. The number of hydrogen-bond donors (Lipinski definition) is 1. The summed E-state index contributed by atoms with van der Waals surface area (Å²) >= 11 is 3.59. The molecule has 1 aromatic rings. The van der Waals surface area contributed by atoms with Crippen molar-refractivity contribution in [3.05, 3.63) is 22.2 Å². The summed E-state index contributed by atoms with van der Waals surface area (Å²) in [7, 11) is 0. The number of rotatable bonds is 5. The van der Waals surface area contributed by atoms with Crippen LogP contribution < -0.4 is 14.8 Å². The van der Waals surface area contributed by atoms with Gasteiger partial charge in [-0.15, -0.1) is 0 Å². The lowest BCUT2D eigenvalue weighted by atomic mass is 10.2. The van der Waals surface area contributed by atoms with Crippen LogP contribution >= 0.6 is 15.9 Å². The maximum Gasteiger partial charge on any atom is 0.175 e. The molecule has 1 fully saturated rings. The minimum absolute atomic E-state index is 0.713. The highest BCUT2D eigenvalue weighted by atomic mass is 79.9. The van der Waals surface area contributed by atoms with Crippen LogP contribution in [0, 0.1) is 5.92 Å².